The maximum Gasteiger partial charge on any atom is 0.140 e. The van der Waals surface area contributed by atoms with E-state index in [1.165, 1.54) is 0 Å². The van der Waals surface area contributed by atoms with Gasteiger partial charge in [0.1, 0.15) is 11.6 Å². The molecule has 1 rings (SSSR count). The highest BCUT2D eigenvalue weighted by atomic mass is 79.9. The SMILES string of the molecule is CCOc1cc(C)c(F)c(Br)c1. The van der Waals surface area contributed by atoms with Gasteiger partial charge in [-0.05, 0) is 47.5 Å². The monoisotopic (exact) mass is 232 g/mol. The van der Waals surface area contributed by atoms with Crippen LogP contribution in [0.1, 0.15) is 12.5 Å². The zero-order valence-electron chi connectivity index (χ0n) is 7.03. The van der Waals surface area contributed by atoms with Crippen LogP contribution < -0.4 is 4.74 Å². The van der Waals surface area contributed by atoms with Crippen LogP contribution in [-0.2, 0) is 0 Å². The molecular formula is C9H10BrFO. The second-order valence-electron chi connectivity index (χ2n) is 2.47. The molecule has 0 aliphatic carbocycles. The van der Waals surface area contributed by atoms with Crippen LogP contribution >= 0.6 is 15.9 Å². The fourth-order valence-electron chi connectivity index (χ4n) is 0.945. The third-order valence-electron chi connectivity index (χ3n) is 1.49. The van der Waals surface area contributed by atoms with Crippen molar-refractivity contribution in [3.63, 3.8) is 0 Å². The van der Waals surface area contributed by atoms with E-state index >= 15 is 0 Å². The first-order chi connectivity index (χ1) is 5.65. The van der Waals surface area contributed by atoms with E-state index in [1.54, 1.807) is 19.1 Å². The third-order valence-corrected chi connectivity index (χ3v) is 2.07. The average Bonchev–Trinajstić information content (AvgIpc) is 2.01. The van der Waals surface area contributed by atoms with E-state index in [4.69, 9.17) is 4.74 Å². The van der Waals surface area contributed by atoms with E-state index in [9.17, 15) is 4.39 Å². The number of halogens is 2. The Labute approximate surface area is 79.7 Å². The summed E-state index contributed by atoms with van der Waals surface area (Å²) in [5.74, 6) is 0.474. The van der Waals surface area contributed by atoms with E-state index < -0.39 is 0 Å². The Balaban J connectivity index is 3.04. The Morgan fingerprint density at radius 3 is 2.67 bits per heavy atom. The van der Waals surface area contributed by atoms with Crippen LogP contribution in [0, 0.1) is 12.7 Å². The van der Waals surface area contributed by atoms with Crippen molar-refractivity contribution in [1.29, 1.82) is 0 Å². The molecule has 0 saturated carbocycles. The lowest BCUT2D eigenvalue weighted by atomic mass is 10.2. The normalized spacial score (nSPS) is 10.0. The molecule has 1 aromatic carbocycles. The van der Waals surface area contributed by atoms with Crippen molar-refractivity contribution in [2.45, 2.75) is 13.8 Å². The van der Waals surface area contributed by atoms with Crippen LogP contribution in [0.15, 0.2) is 16.6 Å². The lowest BCUT2D eigenvalue weighted by molar-refractivity contribution is 0.339. The van der Waals surface area contributed by atoms with Crippen molar-refractivity contribution in [3.8, 4) is 5.75 Å². The second-order valence-corrected chi connectivity index (χ2v) is 3.32. The molecule has 0 unspecified atom stereocenters. The van der Waals surface area contributed by atoms with E-state index in [1.807, 2.05) is 6.92 Å². The number of hydrogen-bond donors (Lipinski definition) is 0. The van der Waals surface area contributed by atoms with Crippen LogP contribution in [0.5, 0.6) is 5.75 Å². The van der Waals surface area contributed by atoms with Gasteiger partial charge >= 0.3 is 0 Å². The molecule has 0 spiro atoms. The van der Waals surface area contributed by atoms with Gasteiger partial charge in [0.2, 0.25) is 0 Å². The maximum absolute atomic E-state index is 13.0. The summed E-state index contributed by atoms with van der Waals surface area (Å²) in [4.78, 5) is 0. The summed E-state index contributed by atoms with van der Waals surface area (Å²) in [5.41, 5.74) is 0.591. The van der Waals surface area contributed by atoms with Gasteiger partial charge in [-0.3, -0.25) is 0 Å². The van der Waals surface area contributed by atoms with Crippen molar-refractivity contribution in [2.24, 2.45) is 0 Å². The fourth-order valence-corrected chi connectivity index (χ4v) is 1.48. The highest BCUT2D eigenvalue weighted by Gasteiger charge is 2.05. The van der Waals surface area contributed by atoms with E-state index in [0.717, 1.165) is 0 Å². The summed E-state index contributed by atoms with van der Waals surface area (Å²) in [7, 11) is 0. The highest BCUT2D eigenvalue weighted by Crippen LogP contribution is 2.25. The average molecular weight is 233 g/mol. The van der Waals surface area contributed by atoms with Gasteiger partial charge in [0.15, 0.2) is 0 Å². The molecular weight excluding hydrogens is 223 g/mol. The molecule has 1 aromatic rings. The predicted molar refractivity (Wildman–Crippen MR) is 50.0 cm³/mol. The molecule has 0 fully saturated rings. The first-order valence-electron chi connectivity index (χ1n) is 3.73. The summed E-state index contributed by atoms with van der Waals surface area (Å²) in [6.45, 7) is 4.20. The molecule has 0 aromatic heterocycles. The van der Waals surface area contributed by atoms with Crippen molar-refractivity contribution in [1.82, 2.24) is 0 Å². The number of ether oxygens (including phenoxy) is 1. The van der Waals surface area contributed by atoms with Crippen molar-refractivity contribution in [3.05, 3.63) is 28.0 Å². The standard InChI is InChI=1S/C9H10BrFO/c1-3-12-7-4-6(2)9(11)8(10)5-7/h4-5H,3H2,1-2H3. The summed E-state index contributed by atoms with van der Waals surface area (Å²) >= 11 is 3.11. The largest absolute Gasteiger partial charge is 0.494 e. The molecule has 0 radical (unpaired) electrons. The predicted octanol–water partition coefficient (Wildman–Crippen LogP) is 3.30. The van der Waals surface area contributed by atoms with E-state index in [0.29, 0.717) is 22.4 Å². The zero-order valence-corrected chi connectivity index (χ0v) is 8.61. The third kappa shape index (κ3) is 1.97. The number of benzene rings is 1. The smallest absolute Gasteiger partial charge is 0.140 e. The molecule has 0 amide bonds. The van der Waals surface area contributed by atoms with Crippen LogP contribution in [0.3, 0.4) is 0 Å². The molecule has 12 heavy (non-hydrogen) atoms. The summed E-state index contributed by atoms with van der Waals surface area (Å²) < 4.78 is 18.7. The summed E-state index contributed by atoms with van der Waals surface area (Å²) in [6, 6.07) is 3.31. The van der Waals surface area contributed by atoms with Gasteiger partial charge in [-0.1, -0.05) is 0 Å². The Bertz CT molecular complexity index is 263. The zero-order chi connectivity index (χ0) is 9.14. The number of aryl methyl sites for hydroxylation is 1. The van der Waals surface area contributed by atoms with Gasteiger partial charge in [-0.2, -0.15) is 0 Å². The second kappa shape index (κ2) is 3.90. The molecule has 0 aliphatic heterocycles. The van der Waals surface area contributed by atoms with Crippen LogP contribution in [0.2, 0.25) is 0 Å². The fraction of sp³-hybridized carbons (Fsp3) is 0.333. The summed E-state index contributed by atoms with van der Waals surface area (Å²) in [5, 5.41) is 0. The Hall–Kier alpha value is -0.570. The minimum Gasteiger partial charge on any atom is -0.494 e. The molecule has 0 aliphatic rings. The molecule has 0 atom stereocenters. The maximum atomic E-state index is 13.0. The first kappa shape index (κ1) is 9.52. The molecule has 3 heteroatoms. The Morgan fingerprint density at radius 1 is 1.50 bits per heavy atom. The number of rotatable bonds is 2. The van der Waals surface area contributed by atoms with Gasteiger partial charge in [-0.15, -0.1) is 0 Å². The Morgan fingerprint density at radius 2 is 2.17 bits per heavy atom. The first-order valence-corrected chi connectivity index (χ1v) is 4.53. The van der Waals surface area contributed by atoms with Gasteiger partial charge in [0.25, 0.3) is 0 Å². The van der Waals surface area contributed by atoms with Gasteiger partial charge < -0.3 is 4.74 Å². The van der Waals surface area contributed by atoms with E-state index in [-0.39, 0.29) is 5.82 Å². The van der Waals surface area contributed by atoms with Crippen molar-refractivity contribution >= 4 is 15.9 Å². The number of hydrogen-bond acceptors (Lipinski definition) is 1. The lowest BCUT2D eigenvalue weighted by Gasteiger charge is -2.05. The van der Waals surface area contributed by atoms with Crippen molar-refractivity contribution < 1.29 is 9.13 Å². The Kier molecular flexibility index (Phi) is 3.09. The van der Waals surface area contributed by atoms with E-state index in [2.05, 4.69) is 15.9 Å². The van der Waals surface area contributed by atoms with Crippen LogP contribution in [-0.4, -0.2) is 6.61 Å². The molecule has 0 saturated heterocycles. The molecule has 0 N–H and O–H groups in total. The topological polar surface area (TPSA) is 9.23 Å². The molecule has 66 valence electrons. The molecule has 1 nitrogen and oxygen atoms in total. The van der Waals surface area contributed by atoms with Gasteiger partial charge in [0.05, 0.1) is 11.1 Å². The highest BCUT2D eigenvalue weighted by molar-refractivity contribution is 9.10. The van der Waals surface area contributed by atoms with Gasteiger partial charge in [-0.25, -0.2) is 4.39 Å². The minimum absolute atomic E-state index is 0.224. The molecule has 0 heterocycles. The quantitative estimate of drug-likeness (QED) is 0.761. The van der Waals surface area contributed by atoms with Crippen molar-refractivity contribution in [2.75, 3.05) is 6.61 Å². The lowest BCUT2D eigenvalue weighted by Crippen LogP contribution is -1.93. The van der Waals surface area contributed by atoms with Gasteiger partial charge in [0, 0.05) is 0 Å². The summed E-state index contributed by atoms with van der Waals surface area (Å²) in [6.07, 6.45) is 0. The molecule has 0 bridgehead atoms. The van der Waals surface area contributed by atoms with Crippen LogP contribution in [0.25, 0.3) is 0 Å². The minimum atomic E-state index is -0.224. The van der Waals surface area contributed by atoms with Crippen LogP contribution in [0.4, 0.5) is 4.39 Å².